The summed E-state index contributed by atoms with van der Waals surface area (Å²) in [5, 5.41) is 2.02. The Bertz CT molecular complexity index is 1560. The minimum absolute atomic E-state index is 0.0669. The highest BCUT2D eigenvalue weighted by Gasteiger charge is 2.14. The second-order valence-electron chi connectivity index (χ2n) is 7.34. The lowest BCUT2D eigenvalue weighted by Crippen LogP contribution is -2.22. The van der Waals surface area contributed by atoms with E-state index in [0.29, 0.717) is 15.2 Å². The Labute approximate surface area is 176 Å². The number of hydrogen-bond acceptors (Lipinski definition) is 5. The van der Waals surface area contributed by atoms with Crippen LogP contribution in [0.5, 0.6) is 11.5 Å². The monoisotopic (exact) mass is 416 g/mol. The summed E-state index contributed by atoms with van der Waals surface area (Å²) in [5.41, 5.74) is 4.79. The first kappa shape index (κ1) is 18.6. The number of nitrogens with zero attached hydrogens (tertiary/aromatic N) is 2. The molecule has 0 fully saturated rings. The average molecular weight is 417 g/mol. The molecule has 5 aromatic rings. The predicted octanol–water partition coefficient (Wildman–Crippen LogP) is 4.24. The van der Waals surface area contributed by atoms with E-state index in [2.05, 4.69) is 11.9 Å². The van der Waals surface area contributed by atoms with Crippen LogP contribution in [0.4, 0.5) is 0 Å². The van der Waals surface area contributed by atoms with Crippen molar-refractivity contribution in [2.45, 2.75) is 13.8 Å². The zero-order chi connectivity index (χ0) is 21.0. The van der Waals surface area contributed by atoms with Crippen LogP contribution >= 0.6 is 11.3 Å². The summed E-state index contributed by atoms with van der Waals surface area (Å²) in [5.74, 6) is 1.46. The molecule has 0 N–H and O–H groups in total. The van der Waals surface area contributed by atoms with Crippen molar-refractivity contribution in [3.63, 3.8) is 0 Å². The summed E-state index contributed by atoms with van der Waals surface area (Å²) < 4.78 is 13.3. The Balaban J connectivity index is 1.83. The van der Waals surface area contributed by atoms with Gasteiger partial charge in [0, 0.05) is 5.56 Å². The number of hydrogen-bond donors (Lipinski definition) is 0. The molecule has 0 spiro atoms. The van der Waals surface area contributed by atoms with E-state index in [-0.39, 0.29) is 5.56 Å². The number of imidazole rings is 1. The number of fused-ring (bicyclic) bond motifs is 4. The Hall–Kier alpha value is -3.38. The zero-order valence-electron chi connectivity index (χ0n) is 17.1. The van der Waals surface area contributed by atoms with E-state index in [1.165, 1.54) is 16.9 Å². The van der Waals surface area contributed by atoms with Gasteiger partial charge in [0.2, 0.25) is 0 Å². The quantitative estimate of drug-likeness (QED) is 0.441. The van der Waals surface area contributed by atoms with Crippen LogP contribution in [-0.4, -0.2) is 23.6 Å². The van der Waals surface area contributed by atoms with Crippen molar-refractivity contribution in [2.75, 3.05) is 14.2 Å². The lowest BCUT2D eigenvalue weighted by atomic mass is 10.0. The van der Waals surface area contributed by atoms with Gasteiger partial charge in [0.15, 0.2) is 4.96 Å². The molecule has 0 unspecified atom stereocenters. The molecule has 150 valence electrons. The maximum atomic E-state index is 13.3. The molecule has 2 aromatic heterocycles. The van der Waals surface area contributed by atoms with Crippen LogP contribution in [0.1, 0.15) is 16.7 Å². The molecule has 0 atom stereocenters. The van der Waals surface area contributed by atoms with Crippen molar-refractivity contribution >= 4 is 44.2 Å². The van der Waals surface area contributed by atoms with Gasteiger partial charge in [-0.3, -0.25) is 4.79 Å². The van der Waals surface area contributed by atoms with Crippen molar-refractivity contribution in [1.29, 1.82) is 0 Å². The van der Waals surface area contributed by atoms with Gasteiger partial charge in [0.1, 0.15) is 11.5 Å². The fraction of sp³-hybridized carbons (Fsp3) is 0.167. The van der Waals surface area contributed by atoms with Gasteiger partial charge in [-0.05, 0) is 72.2 Å². The zero-order valence-corrected chi connectivity index (χ0v) is 18.0. The maximum absolute atomic E-state index is 13.3. The Kier molecular flexibility index (Phi) is 4.25. The third-order valence-corrected chi connectivity index (χ3v) is 6.55. The van der Waals surface area contributed by atoms with Crippen LogP contribution in [0.2, 0.25) is 0 Å². The minimum Gasteiger partial charge on any atom is -0.497 e. The van der Waals surface area contributed by atoms with Crippen LogP contribution in [0.15, 0.2) is 47.3 Å². The highest BCUT2D eigenvalue weighted by Crippen LogP contribution is 2.31. The Morgan fingerprint density at radius 1 is 1.00 bits per heavy atom. The third-order valence-electron chi connectivity index (χ3n) is 5.58. The molecule has 0 saturated carbocycles. The van der Waals surface area contributed by atoms with Crippen LogP contribution in [-0.2, 0) is 0 Å². The largest absolute Gasteiger partial charge is 0.497 e. The molecule has 2 heterocycles. The second kappa shape index (κ2) is 6.85. The van der Waals surface area contributed by atoms with Gasteiger partial charge in [0.25, 0.3) is 5.56 Å². The topological polar surface area (TPSA) is 52.8 Å². The lowest BCUT2D eigenvalue weighted by molar-refractivity contribution is 0.413. The molecule has 3 aromatic carbocycles. The lowest BCUT2D eigenvalue weighted by Gasteiger charge is -2.10. The van der Waals surface area contributed by atoms with Crippen LogP contribution in [0, 0.1) is 13.8 Å². The number of methoxy groups -OCH3 is 2. The first-order valence-electron chi connectivity index (χ1n) is 9.59. The van der Waals surface area contributed by atoms with E-state index in [0.717, 1.165) is 38.7 Å². The van der Waals surface area contributed by atoms with Gasteiger partial charge in [-0.2, -0.15) is 0 Å². The number of rotatable bonds is 3. The second-order valence-corrected chi connectivity index (χ2v) is 8.35. The Morgan fingerprint density at radius 3 is 2.53 bits per heavy atom. The molecule has 0 aliphatic carbocycles. The normalized spacial score (nSPS) is 12.3. The fourth-order valence-corrected chi connectivity index (χ4v) is 4.77. The molecule has 0 amide bonds. The fourth-order valence-electron chi connectivity index (χ4n) is 3.81. The highest BCUT2D eigenvalue weighted by atomic mass is 32.1. The van der Waals surface area contributed by atoms with E-state index < -0.39 is 0 Å². The van der Waals surface area contributed by atoms with Gasteiger partial charge in [0.05, 0.1) is 29.8 Å². The minimum atomic E-state index is -0.0669. The maximum Gasteiger partial charge on any atom is 0.274 e. The Morgan fingerprint density at radius 2 is 1.77 bits per heavy atom. The average Bonchev–Trinajstić information content (AvgIpc) is 3.24. The molecule has 0 aliphatic heterocycles. The van der Waals surface area contributed by atoms with Crippen molar-refractivity contribution in [3.05, 3.63) is 74.0 Å². The van der Waals surface area contributed by atoms with E-state index in [1.54, 1.807) is 18.6 Å². The molecule has 5 nitrogen and oxygen atoms in total. The van der Waals surface area contributed by atoms with Gasteiger partial charge in [-0.15, -0.1) is 0 Å². The smallest absolute Gasteiger partial charge is 0.274 e. The first-order chi connectivity index (χ1) is 14.5. The molecular weight excluding hydrogens is 396 g/mol. The molecule has 0 bridgehead atoms. The van der Waals surface area contributed by atoms with Gasteiger partial charge >= 0.3 is 0 Å². The van der Waals surface area contributed by atoms with Crippen LogP contribution in [0.25, 0.3) is 32.8 Å². The number of ether oxygens (including phenoxy) is 2. The molecule has 6 heteroatoms. The number of aryl methyl sites for hydroxylation is 2. The molecule has 0 radical (unpaired) electrons. The van der Waals surface area contributed by atoms with E-state index in [4.69, 9.17) is 9.47 Å². The summed E-state index contributed by atoms with van der Waals surface area (Å²) in [6.07, 6.45) is 1.90. The van der Waals surface area contributed by atoms with Crippen LogP contribution < -0.4 is 19.6 Å². The van der Waals surface area contributed by atoms with Crippen LogP contribution in [0.3, 0.4) is 0 Å². The number of benzene rings is 3. The SMILES string of the molecule is COc1ccc2ccc(OC)c(/C=c3\sc4nc5cc(C)c(C)cc5n4c3=O)c2c1. The third kappa shape index (κ3) is 2.75. The van der Waals surface area contributed by atoms with Gasteiger partial charge in [-0.25, -0.2) is 9.38 Å². The van der Waals surface area contributed by atoms with E-state index in [1.807, 2.05) is 55.5 Å². The summed E-state index contributed by atoms with van der Waals surface area (Å²) in [6.45, 7) is 4.10. The highest BCUT2D eigenvalue weighted by molar-refractivity contribution is 7.15. The molecule has 5 rings (SSSR count). The van der Waals surface area contributed by atoms with E-state index in [9.17, 15) is 4.79 Å². The standard InChI is InChI=1S/C24H20N2O3S/c1-13-9-19-20(10-14(13)2)26-23(27)22(30-24(26)25-19)12-18-17-11-16(28-3)7-5-15(17)6-8-21(18)29-4/h5-12H,1-4H3/b22-12-. The summed E-state index contributed by atoms with van der Waals surface area (Å²) >= 11 is 1.39. The van der Waals surface area contributed by atoms with Crippen molar-refractivity contribution in [1.82, 2.24) is 9.38 Å². The van der Waals surface area contributed by atoms with E-state index >= 15 is 0 Å². The molecule has 0 saturated heterocycles. The summed E-state index contributed by atoms with van der Waals surface area (Å²) in [6, 6.07) is 13.9. The summed E-state index contributed by atoms with van der Waals surface area (Å²) in [7, 11) is 3.28. The van der Waals surface area contributed by atoms with Crippen molar-refractivity contribution in [3.8, 4) is 11.5 Å². The van der Waals surface area contributed by atoms with Gasteiger partial charge in [-0.1, -0.05) is 23.5 Å². The number of aromatic nitrogens is 2. The molecular formula is C24H20N2O3S. The van der Waals surface area contributed by atoms with Gasteiger partial charge < -0.3 is 9.47 Å². The summed E-state index contributed by atoms with van der Waals surface area (Å²) in [4.78, 5) is 18.7. The predicted molar refractivity (Wildman–Crippen MR) is 122 cm³/mol. The molecule has 0 aliphatic rings. The van der Waals surface area contributed by atoms with Crippen molar-refractivity contribution in [2.24, 2.45) is 0 Å². The number of thiazole rings is 1. The van der Waals surface area contributed by atoms with Crippen molar-refractivity contribution < 1.29 is 9.47 Å². The first-order valence-corrected chi connectivity index (χ1v) is 10.4. The molecule has 30 heavy (non-hydrogen) atoms.